The molecule has 368 valence electrons. The van der Waals surface area contributed by atoms with Gasteiger partial charge in [-0.25, -0.2) is 0 Å². The molecular formula is C53H105N2O6P. The molecule has 0 radical (unpaired) electrons. The summed E-state index contributed by atoms with van der Waals surface area (Å²) in [5, 5.41) is 13.9. The van der Waals surface area contributed by atoms with Crippen molar-refractivity contribution in [2.75, 3.05) is 40.9 Å². The van der Waals surface area contributed by atoms with Crippen LogP contribution in [0.4, 0.5) is 0 Å². The van der Waals surface area contributed by atoms with E-state index in [1.54, 1.807) is 6.08 Å². The molecule has 3 atom stereocenters. The van der Waals surface area contributed by atoms with Crippen LogP contribution in [0.5, 0.6) is 0 Å². The molecular weight excluding hydrogens is 792 g/mol. The number of nitrogens with zero attached hydrogens (tertiary/aromatic N) is 1. The Balaban J connectivity index is 4.27. The molecule has 0 aromatic carbocycles. The zero-order chi connectivity index (χ0) is 45.7. The number of allylic oxidation sites excluding steroid dienone is 3. The molecule has 0 spiro atoms. The lowest BCUT2D eigenvalue weighted by Gasteiger charge is -2.29. The normalized spacial score (nSPS) is 14.2. The zero-order valence-electron chi connectivity index (χ0n) is 41.8. The quantitative estimate of drug-likeness (QED) is 0.0273. The van der Waals surface area contributed by atoms with Crippen LogP contribution >= 0.6 is 7.82 Å². The molecule has 0 fully saturated rings. The Hall–Kier alpha value is -1.02. The third kappa shape index (κ3) is 47.0. The molecule has 8 nitrogen and oxygen atoms in total. The van der Waals surface area contributed by atoms with E-state index in [0.29, 0.717) is 17.4 Å². The fraction of sp³-hybridized carbons (Fsp3) is 0.906. The minimum absolute atomic E-state index is 0.000188. The van der Waals surface area contributed by atoms with Crippen LogP contribution in [0.15, 0.2) is 24.3 Å². The third-order valence-corrected chi connectivity index (χ3v) is 13.1. The van der Waals surface area contributed by atoms with Crippen molar-refractivity contribution in [2.45, 2.75) is 270 Å². The van der Waals surface area contributed by atoms with E-state index in [1.807, 2.05) is 27.2 Å². The molecule has 2 N–H and O–H groups in total. The highest BCUT2D eigenvalue weighted by Crippen LogP contribution is 2.38. The summed E-state index contributed by atoms with van der Waals surface area (Å²) in [7, 11) is 1.27. The average Bonchev–Trinajstić information content (AvgIpc) is 3.23. The maximum atomic E-state index is 12.9. The van der Waals surface area contributed by atoms with Gasteiger partial charge in [-0.05, 0) is 44.9 Å². The number of rotatable bonds is 49. The molecule has 0 aromatic rings. The number of aliphatic hydroxyl groups excluding tert-OH is 1. The molecule has 0 rings (SSSR count). The lowest BCUT2D eigenvalue weighted by Crippen LogP contribution is -2.45. The number of hydrogen-bond donors (Lipinski definition) is 2. The highest BCUT2D eigenvalue weighted by atomic mass is 31.2. The van der Waals surface area contributed by atoms with Crippen LogP contribution in [0.1, 0.15) is 258 Å². The molecule has 0 heterocycles. The van der Waals surface area contributed by atoms with Crippen LogP contribution in [-0.2, 0) is 18.4 Å². The number of quaternary nitrogens is 1. The highest BCUT2D eigenvalue weighted by molar-refractivity contribution is 7.45. The molecule has 1 amide bonds. The van der Waals surface area contributed by atoms with E-state index in [2.05, 4.69) is 31.3 Å². The lowest BCUT2D eigenvalue weighted by atomic mass is 10.0. The van der Waals surface area contributed by atoms with E-state index >= 15 is 0 Å². The average molecular weight is 897 g/mol. The van der Waals surface area contributed by atoms with Crippen molar-refractivity contribution in [1.82, 2.24) is 5.32 Å². The lowest BCUT2D eigenvalue weighted by molar-refractivity contribution is -0.870. The number of unbranched alkanes of at least 4 members (excludes halogenated alkanes) is 34. The van der Waals surface area contributed by atoms with Crippen molar-refractivity contribution in [3.8, 4) is 0 Å². The molecule has 62 heavy (non-hydrogen) atoms. The Morgan fingerprint density at radius 3 is 1.26 bits per heavy atom. The Kier molecular flexibility index (Phi) is 44.4. The minimum atomic E-state index is -4.59. The van der Waals surface area contributed by atoms with Crippen LogP contribution < -0.4 is 10.2 Å². The second-order valence-corrected chi connectivity index (χ2v) is 21.0. The van der Waals surface area contributed by atoms with E-state index in [-0.39, 0.29) is 19.1 Å². The first kappa shape index (κ1) is 61.0. The van der Waals surface area contributed by atoms with Gasteiger partial charge in [0.15, 0.2) is 0 Å². The van der Waals surface area contributed by atoms with Gasteiger partial charge in [0.05, 0.1) is 39.9 Å². The van der Waals surface area contributed by atoms with Crippen molar-refractivity contribution in [3.63, 3.8) is 0 Å². The Bertz CT molecular complexity index is 1060. The highest BCUT2D eigenvalue weighted by Gasteiger charge is 2.23. The topological polar surface area (TPSA) is 108 Å². The van der Waals surface area contributed by atoms with Crippen molar-refractivity contribution in [1.29, 1.82) is 0 Å². The van der Waals surface area contributed by atoms with E-state index in [9.17, 15) is 19.4 Å². The standard InChI is InChI=1S/C53H105N2O6P/c1-6-8-10-12-14-16-18-20-22-24-26-27-29-31-33-35-37-39-41-43-45-47-53(57)54-51(50-61-62(58,59)60-49-48-55(3,4)5)52(56)46-44-42-40-38-36-34-32-30-28-25-23-21-19-17-15-13-11-9-7-2/h24,26,44,46,51-52,56H,6-23,25,27-43,45,47-50H2,1-5H3,(H-,54,57,58,59)/b26-24-,46-44+. The number of amides is 1. The molecule has 0 saturated heterocycles. The SMILES string of the molecule is CCCCCCCCCC/C=C\CCCCCCCCCCCC(=O)NC(COP(=O)([O-])OCC[N+](C)(C)C)C(O)/C=C/CCCCCCCCCCCCCCCCCCC. The van der Waals surface area contributed by atoms with Gasteiger partial charge in [0, 0.05) is 6.42 Å². The van der Waals surface area contributed by atoms with Gasteiger partial charge < -0.3 is 28.8 Å². The summed E-state index contributed by atoms with van der Waals surface area (Å²) < 4.78 is 23.3. The second-order valence-electron chi connectivity index (χ2n) is 19.6. The Morgan fingerprint density at radius 2 is 0.887 bits per heavy atom. The van der Waals surface area contributed by atoms with Gasteiger partial charge in [0.1, 0.15) is 13.2 Å². The monoisotopic (exact) mass is 897 g/mol. The summed E-state index contributed by atoms with van der Waals surface area (Å²) in [5.74, 6) is -0.197. The summed E-state index contributed by atoms with van der Waals surface area (Å²) in [5.41, 5.74) is 0. The Labute approximate surface area is 385 Å². The van der Waals surface area contributed by atoms with Crippen LogP contribution in [0.3, 0.4) is 0 Å². The van der Waals surface area contributed by atoms with Crippen molar-refractivity contribution in [2.24, 2.45) is 0 Å². The fourth-order valence-corrected chi connectivity index (χ4v) is 8.64. The summed E-state index contributed by atoms with van der Waals surface area (Å²) in [6.07, 6.45) is 55.2. The van der Waals surface area contributed by atoms with Crippen molar-refractivity contribution < 1.29 is 32.9 Å². The maximum Gasteiger partial charge on any atom is 0.268 e. The second kappa shape index (κ2) is 45.1. The first-order valence-corrected chi connectivity index (χ1v) is 28.2. The van der Waals surface area contributed by atoms with E-state index in [4.69, 9.17) is 9.05 Å². The fourth-order valence-electron chi connectivity index (χ4n) is 7.91. The van der Waals surface area contributed by atoms with Gasteiger partial charge in [-0.15, -0.1) is 0 Å². The number of phosphoric ester groups is 1. The molecule has 0 aliphatic rings. The maximum absolute atomic E-state index is 12.9. The first-order chi connectivity index (χ1) is 30.0. The molecule has 0 aliphatic heterocycles. The smallest absolute Gasteiger partial charge is 0.268 e. The third-order valence-electron chi connectivity index (χ3n) is 12.2. The summed E-state index contributed by atoms with van der Waals surface area (Å²) in [6, 6.07) is -0.885. The molecule has 0 saturated carbocycles. The van der Waals surface area contributed by atoms with Crippen LogP contribution in [0, 0.1) is 0 Å². The van der Waals surface area contributed by atoms with Gasteiger partial charge in [0.25, 0.3) is 7.82 Å². The van der Waals surface area contributed by atoms with Crippen LogP contribution in [0.2, 0.25) is 0 Å². The van der Waals surface area contributed by atoms with Gasteiger partial charge in [-0.3, -0.25) is 9.36 Å². The largest absolute Gasteiger partial charge is 0.756 e. The van der Waals surface area contributed by atoms with Gasteiger partial charge in [-0.1, -0.05) is 231 Å². The number of aliphatic hydroxyl groups is 1. The number of carbonyl (C=O) groups is 1. The molecule has 9 heteroatoms. The number of hydrogen-bond acceptors (Lipinski definition) is 6. The minimum Gasteiger partial charge on any atom is -0.756 e. The summed E-state index contributed by atoms with van der Waals surface area (Å²) in [4.78, 5) is 25.4. The Morgan fingerprint density at radius 1 is 0.548 bits per heavy atom. The molecule has 0 aliphatic carbocycles. The summed E-state index contributed by atoms with van der Waals surface area (Å²) in [6.45, 7) is 4.68. The summed E-state index contributed by atoms with van der Waals surface area (Å²) >= 11 is 0. The van der Waals surface area contributed by atoms with Gasteiger partial charge in [0.2, 0.25) is 5.91 Å². The van der Waals surface area contributed by atoms with E-state index in [0.717, 1.165) is 38.5 Å². The van der Waals surface area contributed by atoms with Gasteiger partial charge in [-0.2, -0.15) is 0 Å². The van der Waals surface area contributed by atoms with Gasteiger partial charge >= 0.3 is 0 Å². The van der Waals surface area contributed by atoms with E-state index in [1.165, 1.54) is 199 Å². The predicted octanol–water partition coefficient (Wildman–Crippen LogP) is 15.0. The molecule has 0 aromatic heterocycles. The predicted molar refractivity (Wildman–Crippen MR) is 265 cm³/mol. The first-order valence-electron chi connectivity index (χ1n) is 26.7. The number of carbonyl (C=O) groups excluding carboxylic acids is 1. The number of nitrogens with one attached hydrogen (secondary N) is 1. The van der Waals surface area contributed by atoms with Crippen LogP contribution in [0.25, 0.3) is 0 Å². The van der Waals surface area contributed by atoms with Crippen molar-refractivity contribution >= 4 is 13.7 Å². The van der Waals surface area contributed by atoms with E-state index < -0.39 is 20.0 Å². The zero-order valence-corrected chi connectivity index (χ0v) is 42.7. The number of likely N-dealkylation sites (N-methyl/N-ethyl adjacent to an activating group) is 1. The molecule has 3 unspecified atom stereocenters. The number of phosphoric acid groups is 1. The van der Waals surface area contributed by atoms with Crippen LogP contribution in [-0.4, -0.2) is 68.5 Å². The van der Waals surface area contributed by atoms with Crippen molar-refractivity contribution in [3.05, 3.63) is 24.3 Å². The molecule has 0 bridgehead atoms.